The molecule has 0 unspecified atom stereocenters. The van der Waals surface area contributed by atoms with E-state index in [4.69, 9.17) is 4.74 Å². The minimum absolute atomic E-state index is 0.218. The number of aryl methyl sites for hydroxylation is 3. The number of thiazole rings is 1. The van der Waals surface area contributed by atoms with E-state index >= 15 is 0 Å². The van der Waals surface area contributed by atoms with Crippen molar-refractivity contribution in [2.45, 2.75) is 53.5 Å². The summed E-state index contributed by atoms with van der Waals surface area (Å²) in [5.41, 5.74) is 4.25. The number of benzene rings is 2. The number of carbonyl (C=O) groups excluding carboxylic acids is 1. The Morgan fingerprint density at radius 1 is 1.07 bits per heavy atom. The van der Waals surface area contributed by atoms with Crippen LogP contribution in [0.25, 0.3) is 10.2 Å². The zero-order chi connectivity index (χ0) is 20.1. The van der Waals surface area contributed by atoms with E-state index in [1.54, 1.807) is 23.5 Å². The summed E-state index contributed by atoms with van der Waals surface area (Å²) in [5, 5.41) is 0. The number of unbranched alkanes of at least 4 members (excludes halogenated alkanes) is 1. The molecule has 5 heteroatoms. The number of hydrogen-bond acceptors (Lipinski definition) is 3. The van der Waals surface area contributed by atoms with Gasteiger partial charge in [0, 0.05) is 12.1 Å². The molecule has 0 aliphatic heterocycles. The van der Waals surface area contributed by atoms with Gasteiger partial charge < -0.3 is 9.30 Å². The predicted molar refractivity (Wildman–Crippen MR) is 116 cm³/mol. The molecule has 1 heterocycles. The minimum atomic E-state index is -0.218. The first kappa shape index (κ1) is 20.3. The molecule has 4 nitrogen and oxygen atoms in total. The molecule has 0 atom stereocenters. The Hall–Kier alpha value is -2.40. The van der Waals surface area contributed by atoms with Gasteiger partial charge >= 0.3 is 0 Å². The van der Waals surface area contributed by atoms with E-state index in [1.807, 2.05) is 12.1 Å². The fraction of sp³-hybridized carbons (Fsp3) is 0.391. The molecule has 3 rings (SSSR count). The summed E-state index contributed by atoms with van der Waals surface area (Å²) in [5.74, 6) is 0.573. The van der Waals surface area contributed by atoms with Crippen LogP contribution in [-0.4, -0.2) is 17.1 Å². The molecule has 0 bridgehead atoms. The maximum absolute atomic E-state index is 12.7. The number of aromatic nitrogens is 1. The van der Waals surface area contributed by atoms with Crippen molar-refractivity contribution in [3.8, 4) is 5.75 Å². The van der Waals surface area contributed by atoms with Gasteiger partial charge in [0.05, 0.1) is 16.8 Å². The van der Waals surface area contributed by atoms with Gasteiger partial charge in [0.15, 0.2) is 4.80 Å². The maximum atomic E-state index is 12.7. The first-order chi connectivity index (χ1) is 13.5. The second-order valence-electron chi connectivity index (χ2n) is 7.08. The monoisotopic (exact) mass is 396 g/mol. The Bertz CT molecular complexity index is 1030. The molecular weight excluding hydrogens is 368 g/mol. The number of ether oxygens (including phenoxy) is 1. The van der Waals surface area contributed by atoms with Gasteiger partial charge in [0.25, 0.3) is 5.91 Å². The standard InChI is InChI=1S/C23H28N2O2S/c1-5-7-13-27-19-10-8-18(9-11-19)22(26)24-23-25(12-6-2)20-14-16(3)17(4)15-21(20)28-23/h8-11,14-15H,5-7,12-13H2,1-4H3. The average molecular weight is 397 g/mol. The lowest BCUT2D eigenvalue weighted by atomic mass is 10.1. The molecule has 0 saturated carbocycles. The molecular formula is C23H28N2O2S. The maximum Gasteiger partial charge on any atom is 0.279 e. The van der Waals surface area contributed by atoms with Crippen LogP contribution in [0.3, 0.4) is 0 Å². The van der Waals surface area contributed by atoms with Crippen LogP contribution in [0.5, 0.6) is 5.75 Å². The molecule has 0 saturated heterocycles. The number of rotatable bonds is 7. The third-order valence-corrected chi connectivity index (χ3v) is 5.85. The van der Waals surface area contributed by atoms with Gasteiger partial charge in [-0.25, -0.2) is 0 Å². The van der Waals surface area contributed by atoms with Gasteiger partial charge in [-0.05, 0) is 74.2 Å². The highest BCUT2D eigenvalue weighted by atomic mass is 32.1. The Balaban J connectivity index is 1.92. The highest BCUT2D eigenvalue weighted by Gasteiger charge is 2.10. The SMILES string of the molecule is CCCCOc1ccc(C(=O)N=c2sc3cc(C)c(C)cc3n2CCC)cc1. The van der Waals surface area contributed by atoms with Gasteiger partial charge in [-0.2, -0.15) is 4.99 Å². The Labute approximate surface area is 170 Å². The van der Waals surface area contributed by atoms with Crippen LogP contribution in [0.15, 0.2) is 41.4 Å². The summed E-state index contributed by atoms with van der Waals surface area (Å²) in [7, 11) is 0. The minimum Gasteiger partial charge on any atom is -0.494 e. The number of hydrogen-bond donors (Lipinski definition) is 0. The highest BCUT2D eigenvalue weighted by molar-refractivity contribution is 7.16. The Kier molecular flexibility index (Phi) is 6.68. The van der Waals surface area contributed by atoms with E-state index in [1.165, 1.54) is 15.8 Å². The summed E-state index contributed by atoms with van der Waals surface area (Å²) >= 11 is 1.58. The van der Waals surface area contributed by atoms with Gasteiger partial charge in [0.1, 0.15) is 5.75 Å². The predicted octanol–water partition coefficient (Wildman–Crippen LogP) is 5.65. The Morgan fingerprint density at radius 2 is 1.79 bits per heavy atom. The first-order valence-electron chi connectivity index (χ1n) is 9.96. The van der Waals surface area contributed by atoms with Crippen LogP contribution < -0.4 is 9.54 Å². The van der Waals surface area contributed by atoms with Gasteiger partial charge in [0.2, 0.25) is 0 Å². The summed E-state index contributed by atoms with van der Waals surface area (Å²) < 4.78 is 9.00. The molecule has 0 aliphatic carbocycles. The smallest absolute Gasteiger partial charge is 0.279 e. The van der Waals surface area contributed by atoms with Crippen molar-refractivity contribution in [3.05, 3.63) is 57.9 Å². The zero-order valence-electron chi connectivity index (χ0n) is 17.1. The molecule has 28 heavy (non-hydrogen) atoms. The van der Waals surface area contributed by atoms with Gasteiger partial charge in [-0.3, -0.25) is 4.79 Å². The van der Waals surface area contributed by atoms with E-state index in [-0.39, 0.29) is 5.91 Å². The number of carbonyl (C=O) groups is 1. The topological polar surface area (TPSA) is 43.6 Å². The van der Waals surface area contributed by atoms with Gasteiger partial charge in [-0.15, -0.1) is 0 Å². The van der Waals surface area contributed by atoms with Crippen molar-refractivity contribution in [1.82, 2.24) is 4.57 Å². The third-order valence-electron chi connectivity index (χ3n) is 4.81. The summed E-state index contributed by atoms with van der Waals surface area (Å²) in [6.45, 7) is 10.1. The third kappa shape index (κ3) is 4.53. The number of nitrogens with zero attached hydrogens (tertiary/aromatic N) is 2. The molecule has 0 fully saturated rings. The van der Waals surface area contributed by atoms with Crippen LogP contribution in [0.1, 0.15) is 54.6 Å². The zero-order valence-corrected chi connectivity index (χ0v) is 17.9. The van der Waals surface area contributed by atoms with Crippen molar-refractivity contribution in [3.63, 3.8) is 0 Å². The van der Waals surface area contributed by atoms with E-state index in [0.29, 0.717) is 12.2 Å². The summed E-state index contributed by atoms with van der Waals surface area (Å²) in [6, 6.07) is 11.7. The first-order valence-corrected chi connectivity index (χ1v) is 10.8. The lowest BCUT2D eigenvalue weighted by molar-refractivity contribution is 0.0998. The summed E-state index contributed by atoms with van der Waals surface area (Å²) in [6.07, 6.45) is 3.11. The van der Waals surface area contributed by atoms with E-state index < -0.39 is 0 Å². The molecule has 148 valence electrons. The van der Waals surface area contributed by atoms with Crippen molar-refractivity contribution >= 4 is 27.5 Å². The van der Waals surface area contributed by atoms with E-state index in [2.05, 4.69) is 49.4 Å². The van der Waals surface area contributed by atoms with Crippen LogP contribution >= 0.6 is 11.3 Å². The molecule has 0 N–H and O–H groups in total. The largest absolute Gasteiger partial charge is 0.494 e. The van der Waals surface area contributed by atoms with E-state index in [0.717, 1.165) is 41.9 Å². The second-order valence-corrected chi connectivity index (χ2v) is 8.09. The molecule has 0 radical (unpaired) electrons. The second kappa shape index (κ2) is 9.20. The van der Waals surface area contributed by atoms with Crippen molar-refractivity contribution < 1.29 is 9.53 Å². The molecule has 3 aromatic rings. The number of amides is 1. The fourth-order valence-electron chi connectivity index (χ4n) is 3.03. The van der Waals surface area contributed by atoms with Crippen LogP contribution in [0.2, 0.25) is 0 Å². The molecule has 1 amide bonds. The van der Waals surface area contributed by atoms with Crippen LogP contribution in [0.4, 0.5) is 0 Å². The molecule has 0 spiro atoms. The molecule has 2 aromatic carbocycles. The molecule has 1 aromatic heterocycles. The fourth-order valence-corrected chi connectivity index (χ4v) is 4.16. The lowest BCUT2D eigenvalue weighted by Crippen LogP contribution is -2.17. The Morgan fingerprint density at radius 3 is 2.46 bits per heavy atom. The normalized spacial score (nSPS) is 11.9. The quantitative estimate of drug-likeness (QED) is 0.484. The highest BCUT2D eigenvalue weighted by Crippen LogP contribution is 2.22. The lowest BCUT2D eigenvalue weighted by Gasteiger charge is -2.06. The number of fused-ring (bicyclic) bond motifs is 1. The van der Waals surface area contributed by atoms with E-state index in [9.17, 15) is 4.79 Å². The van der Waals surface area contributed by atoms with Crippen molar-refractivity contribution in [2.24, 2.45) is 4.99 Å². The van der Waals surface area contributed by atoms with Crippen LogP contribution in [0, 0.1) is 13.8 Å². The van der Waals surface area contributed by atoms with Crippen molar-refractivity contribution in [2.75, 3.05) is 6.61 Å². The van der Waals surface area contributed by atoms with Crippen molar-refractivity contribution in [1.29, 1.82) is 0 Å². The average Bonchev–Trinajstić information content (AvgIpc) is 2.99. The molecule has 0 aliphatic rings. The summed E-state index contributed by atoms with van der Waals surface area (Å²) in [4.78, 5) is 17.9. The van der Waals surface area contributed by atoms with Gasteiger partial charge in [-0.1, -0.05) is 31.6 Å². The van der Waals surface area contributed by atoms with Crippen LogP contribution in [-0.2, 0) is 6.54 Å².